The van der Waals surface area contributed by atoms with E-state index >= 15 is 0 Å². The molecule has 0 radical (unpaired) electrons. The van der Waals surface area contributed by atoms with Crippen molar-refractivity contribution in [3.05, 3.63) is 59.7 Å². The van der Waals surface area contributed by atoms with Gasteiger partial charge in [0.25, 0.3) is 0 Å². The maximum atomic E-state index is 12.3. The highest BCUT2D eigenvalue weighted by molar-refractivity contribution is 7.89. The maximum absolute atomic E-state index is 12.3. The van der Waals surface area contributed by atoms with Gasteiger partial charge in [-0.3, -0.25) is 0 Å². The Labute approximate surface area is 135 Å². The fourth-order valence-electron chi connectivity index (χ4n) is 2.08. The molecule has 3 N–H and O–H groups in total. The van der Waals surface area contributed by atoms with E-state index in [0.29, 0.717) is 12.2 Å². The van der Waals surface area contributed by atoms with E-state index in [2.05, 4.69) is 10.0 Å². The fourth-order valence-corrected chi connectivity index (χ4v) is 3.33. The minimum Gasteiger partial charge on any atom is -0.478 e. The van der Waals surface area contributed by atoms with Crippen LogP contribution in [-0.4, -0.2) is 26.0 Å². The van der Waals surface area contributed by atoms with Crippen molar-refractivity contribution in [2.75, 3.05) is 11.9 Å². The van der Waals surface area contributed by atoms with Gasteiger partial charge in [-0.25, -0.2) is 17.9 Å². The molecule has 0 saturated carbocycles. The molecule has 0 fully saturated rings. The summed E-state index contributed by atoms with van der Waals surface area (Å²) in [5.74, 6) is -1.17. The van der Waals surface area contributed by atoms with Gasteiger partial charge in [-0.2, -0.15) is 0 Å². The number of nitrogens with one attached hydrogen (secondary N) is 2. The molecule has 2 rings (SSSR count). The molecule has 6 nitrogen and oxygen atoms in total. The number of carboxylic acids is 1. The van der Waals surface area contributed by atoms with E-state index in [-0.39, 0.29) is 17.0 Å². The fraction of sp³-hybridized carbons (Fsp3) is 0.188. The van der Waals surface area contributed by atoms with Crippen molar-refractivity contribution >= 4 is 21.7 Å². The molecule has 0 unspecified atom stereocenters. The number of carboxylic acid groups (broad SMARTS) is 1. The van der Waals surface area contributed by atoms with Crippen LogP contribution in [0, 0.1) is 0 Å². The normalized spacial score (nSPS) is 11.2. The van der Waals surface area contributed by atoms with Crippen LogP contribution in [0.15, 0.2) is 53.4 Å². The second kappa shape index (κ2) is 7.26. The zero-order chi connectivity index (χ0) is 16.9. The van der Waals surface area contributed by atoms with Gasteiger partial charge >= 0.3 is 5.97 Å². The number of anilines is 1. The van der Waals surface area contributed by atoms with Crippen LogP contribution in [0.2, 0.25) is 0 Å². The Morgan fingerprint density at radius 1 is 1.13 bits per heavy atom. The van der Waals surface area contributed by atoms with E-state index in [0.717, 1.165) is 11.6 Å². The summed E-state index contributed by atoms with van der Waals surface area (Å²) >= 11 is 0. The SMILES string of the molecule is CCNS(=O)(=O)c1cc(C(=O)O)ccc1NCc1ccccc1. The van der Waals surface area contributed by atoms with E-state index < -0.39 is 16.0 Å². The highest BCUT2D eigenvalue weighted by Crippen LogP contribution is 2.23. The topological polar surface area (TPSA) is 95.5 Å². The van der Waals surface area contributed by atoms with Crippen LogP contribution in [0.3, 0.4) is 0 Å². The number of benzene rings is 2. The van der Waals surface area contributed by atoms with Gasteiger partial charge in [0.1, 0.15) is 4.90 Å². The Bertz CT molecular complexity index is 789. The lowest BCUT2D eigenvalue weighted by Crippen LogP contribution is -2.24. The molecule has 0 saturated heterocycles. The first-order chi connectivity index (χ1) is 10.9. The number of hydrogen-bond acceptors (Lipinski definition) is 4. The molecule has 0 aliphatic heterocycles. The first-order valence-electron chi connectivity index (χ1n) is 7.09. The van der Waals surface area contributed by atoms with Gasteiger partial charge < -0.3 is 10.4 Å². The van der Waals surface area contributed by atoms with Crippen molar-refractivity contribution in [2.45, 2.75) is 18.4 Å². The molecule has 0 spiro atoms. The standard InChI is InChI=1S/C16H18N2O4S/c1-2-18-23(21,22)15-10-13(16(19)20)8-9-14(15)17-11-12-6-4-3-5-7-12/h3-10,17-18H,2,11H2,1H3,(H,19,20). The summed E-state index contributed by atoms with van der Waals surface area (Å²) in [6, 6.07) is 13.5. The number of rotatable bonds is 7. The Morgan fingerprint density at radius 2 is 1.83 bits per heavy atom. The summed E-state index contributed by atoms with van der Waals surface area (Å²) in [5, 5.41) is 12.1. The lowest BCUT2D eigenvalue weighted by molar-refractivity contribution is 0.0696. The minimum atomic E-state index is -3.78. The third-order valence-corrected chi connectivity index (χ3v) is 4.76. The molecule has 0 atom stereocenters. The van der Waals surface area contributed by atoms with E-state index in [1.165, 1.54) is 12.1 Å². The maximum Gasteiger partial charge on any atom is 0.335 e. The van der Waals surface area contributed by atoms with Crippen molar-refractivity contribution in [1.29, 1.82) is 0 Å². The predicted molar refractivity (Wildman–Crippen MR) is 88.0 cm³/mol. The van der Waals surface area contributed by atoms with E-state index in [1.807, 2.05) is 30.3 Å². The lowest BCUT2D eigenvalue weighted by Gasteiger charge is -2.13. The van der Waals surface area contributed by atoms with Crippen molar-refractivity contribution < 1.29 is 18.3 Å². The van der Waals surface area contributed by atoms with Crippen LogP contribution in [0.1, 0.15) is 22.8 Å². The molecule has 122 valence electrons. The van der Waals surface area contributed by atoms with Gasteiger partial charge in [-0.05, 0) is 23.8 Å². The van der Waals surface area contributed by atoms with Crippen LogP contribution >= 0.6 is 0 Å². The highest BCUT2D eigenvalue weighted by atomic mass is 32.2. The molecule has 0 bridgehead atoms. The first kappa shape index (κ1) is 17.0. The highest BCUT2D eigenvalue weighted by Gasteiger charge is 2.20. The first-order valence-corrected chi connectivity index (χ1v) is 8.57. The van der Waals surface area contributed by atoms with Crippen LogP contribution in [-0.2, 0) is 16.6 Å². The molecule has 0 amide bonds. The molecular formula is C16H18N2O4S. The molecule has 0 aromatic heterocycles. The van der Waals surface area contributed by atoms with Gasteiger partial charge in [0.15, 0.2) is 0 Å². The lowest BCUT2D eigenvalue weighted by atomic mass is 10.2. The number of sulfonamides is 1. The largest absolute Gasteiger partial charge is 0.478 e. The molecule has 0 heterocycles. The summed E-state index contributed by atoms with van der Waals surface area (Å²) in [4.78, 5) is 11.0. The summed E-state index contributed by atoms with van der Waals surface area (Å²) in [6.07, 6.45) is 0. The van der Waals surface area contributed by atoms with E-state index in [9.17, 15) is 13.2 Å². The summed E-state index contributed by atoms with van der Waals surface area (Å²) < 4.78 is 27.0. The summed E-state index contributed by atoms with van der Waals surface area (Å²) in [5.41, 5.74) is 1.27. The van der Waals surface area contributed by atoms with Gasteiger partial charge in [-0.15, -0.1) is 0 Å². The minimum absolute atomic E-state index is 0.0739. The second-order valence-electron chi connectivity index (χ2n) is 4.86. The van der Waals surface area contributed by atoms with Gasteiger partial charge in [0.2, 0.25) is 10.0 Å². The smallest absolute Gasteiger partial charge is 0.335 e. The quantitative estimate of drug-likeness (QED) is 0.722. The average molecular weight is 334 g/mol. The Morgan fingerprint density at radius 3 is 2.43 bits per heavy atom. The predicted octanol–water partition coefficient (Wildman–Crippen LogP) is 2.30. The van der Waals surface area contributed by atoms with Gasteiger partial charge in [-0.1, -0.05) is 37.3 Å². The van der Waals surface area contributed by atoms with Crippen molar-refractivity contribution in [3.63, 3.8) is 0 Å². The van der Waals surface area contributed by atoms with E-state index in [4.69, 9.17) is 5.11 Å². The molecule has 2 aromatic rings. The van der Waals surface area contributed by atoms with Crippen molar-refractivity contribution in [1.82, 2.24) is 4.72 Å². The molecular weight excluding hydrogens is 316 g/mol. The third kappa shape index (κ3) is 4.30. The zero-order valence-corrected chi connectivity index (χ0v) is 13.4. The Hall–Kier alpha value is -2.38. The molecule has 0 aliphatic rings. The zero-order valence-electron chi connectivity index (χ0n) is 12.6. The van der Waals surface area contributed by atoms with Gasteiger partial charge in [0.05, 0.1) is 11.3 Å². The number of hydrogen-bond donors (Lipinski definition) is 3. The Balaban J connectivity index is 2.36. The van der Waals surface area contributed by atoms with Gasteiger partial charge in [0, 0.05) is 13.1 Å². The van der Waals surface area contributed by atoms with Crippen LogP contribution in [0.5, 0.6) is 0 Å². The number of aromatic carboxylic acids is 1. The second-order valence-corrected chi connectivity index (χ2v) is 6.59. The van der Waals surface area contributed by atoms with Crippen molar-refractivity contribution in [2.24, 2.45) is 0 Å². The summed E-state index contributed by atoms with van der Waals surface area (Å²) in [6.45, 7) is 2.31. The molecule has 2 aromatic carbocycles. The summed E-state index contributed by atoms with van der Waals surface area (Å²) in [7, 11) is -3.78. The molecule has 7 heteroatoms. The Kier molecular flexibility index (Phi) is 5.36. The number of carbonyl (C=O) groups is 1. The molecule has 0 aliphatic carbocycles. The van der Waals surface area contributed by atoms with E-state index in [1.54, 1.807) is 6.92 Å². The van der Waals surface area contributed by atoms with Crippen LogP contribution < -0.4 is 10.0 Å². The third-order valence-electron chi connectivity index (χ3n) is 3.18. The monoisotopic (exact) mass is 334 g/mol. The average Bonchev–Trinajstić information content (AvgIpc) is 2.53. The van der Waals surface area contributed by atoms with Crippen LogP contribution in [0.4, 0.5) is 5.69 Å². The molecule has 23 heavy (non-hydrogen) atoms. The van der Waals surface area contributed by atoms with Crippen LogP contribution in [0.25, 0.3) is 0 Å². The van der Waals surface area contributed by atoms with Crippen molar-refractivity contribution in [3.8, 4) is 0 Å².